The molecule has 0 heterocycles. The molecule has 13 heavy (non-hydrogen) atoms. The van der Waals surface area contributed by atoms with Gasteiger partial charge >= 0.3 is 0 Å². The number of aliphatic hydroxyl groups is 1. The molecule has 0 saturated carbocycles. The standard InChI is InChI=1S/C12H14O/c1-11(10-13)6-5-9-12-7-3-2-4-8-12/h2-4,7-8,11,13H,6,10H2,1H3/t11-/m1/s1. The van der Waals surface area contributed by atoms with Gasteiger partial charge in [-0.05, 0) is 18.1 Å². The van der Waals surface area contributed by atoms with E-state index in [9.17, 15) is 0 Å². The van der Waals surface area contributed by atoms with Crippen LogP contribution in [0.1, 0.15) is 18.9 Å². The predicted molar refractivity (Wildman–Crippen MR) is 54.2 cm³/mol. The summed E-state index contributed by atoms with van der Waals surface area (Å²) in [6.45, 7) is 2.20. The van der Waals surface area contributed by atoms with Crippen LogP contribution in [0.25, 0.3) is 0 Å². The lowest BCUT2D eigenvalue weighted by Crippen LogP contribution is -1.97. The fraction of sp³-hybridized carbons (Fsp3) is 0.333. The van der Waals surface area contributed by atoms with Gasteiger partial charge in [0.2, 0.25) is 0 Å². The molecule has 0 unspecified atom stereocenters. The molecule has 0 aliphatic rings. The molecule has 0 amide bonds. The Morgan fingerprint density at radius 2 is 2.00 bits per heavy atom. The van der Waals surface area contributed by atoms with Crippen LogP contribution in [-0.4, -0.2) is 11.7 Å². The molecule has 0 saturated heterocycles. The molecule has 68 valence electrons. The Balaban J connectivity index is 2.49. The molecular weight excluding hydrogens is 160 g/mol. The van der Waals surface area contributed by atoms with E-state index in [0.717, 1.165) is 12.0 Å². The van der Waals surface area contributed by atoms with E-state index in [1.807, 2.05) is 37.3 Å². The van der Waals surface area contributed by atoms with E-state index < -0.39 is 0 Å². The van der Waals surface area contributed by atoms with Crippen LogP contribution >= 0.6 is 0 Å². The number of benzene rings is 1. The Morgan fingerprint density at radius 3 is 2.62 bits per heavy atom. The lowest BCUT2D eigenvalue weighted by atomic mass is 10.1. The number of aliphatic hydroxyl groups excluding tert-OH is 1. The molecule has 1 aromatic carbocycles. The van der Waals surface area contributed by atoms with Crippen LogP contribution in [-0.2, 0) is 0 Å². The molecule has 0 aromatic heterocycles. The molecule has 0 bridgehead atoms. The van der Waals surface area contributed by atoms with Crippen molar-refractivity contribution in [3.63, 3.8) is 0 Å². The Labute approximate surface area is 79.4 Å². The first-order valence-electron chi connectivity index (χ1n) is 4.47. The highest BCUT2D eigenvalue weighted by Gasteiger charge is 1.94. The minimum atomic E-state index is 0.212. The molecule has 0 aliphatic carbocycles. The maximum absolute atomic E-state index is 8.76. The summed E-state index contributed by atoms with van der Waals surface area (Å²) in [5, 5.41) is 8.76. The van der Waals surface area contributed by atoms with Crippen LogP contribution < -0.4 is 0 Å². The van der Waals surface area contributed by atoms with Crippen LogP contribution in [0.15, 0.2) is 30.3 Å². The second-order valence-electron chi connectivity index (χ2n) is 3.16. The zero-order chi connectivity index (χ0) is 9.52. The molecule has 1 N–H and O–H groups in total. The van der Waals surface area contributed by atoms with Gasteiger partial charge in [-0.2, -0.15) is 0 Å². The highest BCUT2D eigenvalue weighted by atomic mass is 16.3. The van der Waals surface area contributed by atoms with Crippen molar-refractivity contribution in [3.05, 3.63) is 35.9 Å². The highest BCUT2D eigenvalue weighted by molar-refractivity contribution is 5.33. The first-order chi connectivity index (χ1) is 6.33. The van der Waals surface area contributed by atoms with E-state index in [0.29, 0.717) is 0 Å². The van der Waals surface area contributed by atoms with Crippen molar-refractivity contribution in [1.29, 1.82) is 0 Å². The molecular formula is C12H14O. The van der Waals surface area contributed by atoms with E-state index in [2.05, 4.69) is 11.8 Å². The van der Waals surface area contributed by atoms with Crippen LogP contribution in [0.5, 0.6) is 0 Å². The normalized spacial score (nSPS) is 11.5. The van der Waals surface area contributed by atoms with E-state index in [1.165, 1.54) is 0 Å². The van der Waals surface area contributed by atoms with Gasteiger partial charge in [-0.25, -0.2) is 0 Å². The van der Waals surface area contributed by atoms with Gasteiger partial charge in [-0.15, -0.1) is 0 Å². The number of hydrogen-bond donors (Lipinski definition) is 1. The minimum absolute atomic E-state index is 0.212. The average Bonchev–Trinajstić information content (AvgIpc) is 2.19. The zero-order valence-corrected chi connectivity index (χ0v) is 7.83. The summed E-state index contributed by atoms with van der Waals surface area (Å²) in [5.74, 6) is 6.37. The second kappa shape index (κ2) is 5.40. The summed E-state index contributed by atoms with van der Waals surface area (Å²) < 4.78 is 0. The Bertz CT molecular complexity index is 292. The van der Waals surface area contributed by atoms with Gasteiger partial charge in [-0.3, -0.25) is 0 Å². The smallest absolute Gasteiger partial charge is 0.0465 e. The first kappa shape index (κ1) is 9.83. The molecule has 1 heteroatoms. The summed E-state index contributed by atoms with van der Waals surface area (Å²) in [7, 11) is 0. The monoisotopic (exact) mass is 174 g/mol. The van der Waals surface area contributed by atoms with E-state index in [4.69, 9.17) is 5.11 Å². The summed E-state index contributed by atoms with van der Waals surface area (Å²) in [6, 6.07) is 9.88. The lowest BCUT2D eigenvalue weighted by Gasteiger charge is -1.98. The van der Waals surface area contributed by atoms with Crippen molar-refractivity contribution < 1.29 is 5.11 Å². The molecule has 1 nitrogen and oxygen atoms in total. The topological polar surface area (TPSA) is 20.2 Å². The summed E-state index contributed by atoms with van der Waals surface area (Å²) in [4.78, 5) is 0. The summed E-state index contributed by atoms with van der Waals surface area (Å²) >= 11 is 0. The van der Waals surface area contributed by atoms with Gasteiger partial charge in [0.15, 0.2) is 0 Å². The molecule has 1 rings (SSSR count). The van der Waals surface area contributed by atoms with E-state index in [1.54, 1.807) is 0 Å². The van der Waals surface area contributed by atoms with Crippen molar-refractivity contribution in [3.8, 4) is 11.8 Å². The Kier molecular flexibility index (Phi) is 4.08. The van der Waals surface area contributed by atoms with Crippen LogP contribution in [0.4, 0.5) is 0 Å². The maximum atomic E-state index is 8.76. The molecule has 0 fully saturated rings. The van der Waals surface area contributed by atoms with Gasteiger partial charge in [0.25, 0.3) is 0 Å². The van der Waals surface area contributed by atoms with Crippen molar-refractivity contribution in [2.24, 2.45) is 5.92 Å². The second-order valence-corrected chi connectivity index (χ2v) is 3.16. The van der Waals surface area contributed by atoms with Gasteiger partial charge in [-0.1, -0.05) is 37.0 Å². The fourth-order valence-electron chi connectivity index (χ4n) is 0.913. The summed E-state index contributed by atoms with van der Waals surface area (Å²) in [5.41, 5.74) is 1.03. The van der Waals surface area contributed by atoms with E-state index >= 15 is 0 Å². The van der Waals surface area contributed by atoms with Gasteiger partial charge < -0.3 is 5.11 Å². The van der Waals surface area contributed by atoms with Crippen molar-refractivity contribution in [1.82, 2.24) is 0 Å². The molecule has 0 spiro atoms. The van der Waals surface area contributed by atoms with Crippen LogP contribution in [0.3, 0.4) is 0 Å². The van der Waals surface area contributed by atoms with Gasteiger partial charge in [0, 0.05) is 18.6 Å². The zero-order valence-electron chi connectivity index (χ0n) is 7.83. The van der Waals surface area contributed by atoms with Crippen molar-refractivity contribution >= 4 is 0 Å². The summed E-state index contributed by atoms with van der Waals surface area (Å²) in [6.07, 6.45) is 0.755. The Hall–Kier alpha value is -1.26. The number of hydrogen-bond acceptors (Lipinski definition) is 1. The molecule has 0 aliphatic heterocycles. The molecule has 1 atom stereocenters. The highest BCUT2D eigenvalue weighted by Crippen LogP contribution is 1.99. The molecule has 1 aromatic rings. The maximum Gasteiger partial charge on any atom is 0.0465 e. The number of rotatable bonds is 2. The third-order valence-corrected chi connectivity index (χ3v) is 1.77. The van der Waals surface area contributed by atoms with Crippen LogP contribution in [0, 0.1) is 17.8 Å². The quantitative estimate of drug-likeness (QED) is 0.680. The van der Waals surface area contributed by atoms with Gasteiger partial charge in [0.05, 0.1) is 0 Å². The third-order valence-electron chi connectivity index (χ3n) is 1.77. The van der Waals surface area contributed by atoms with Gasteiger partial charge in [0.1, 0.15) is 0 Å². The van der Waals surface area contributed by atoms with Crippen molar-refractivity contribution in [2.45, 2.75) is 13.3 Å². The fourth-order valence-corrected chi connectivity index (χ4v) is 0.913. The van der Waals surface area contributed by atoms with E-state index in [-0.39, 0.29) is 12.5 Å². The third kappa shape index (κ3) is 3.78. The van der Waals surface area contributed by atoms with Crippen LogP contribution in [0.2, 0.25) is 0 Å². The van der Waals surface area contributed by atoms with Crippen molar-refractivity contribution in [2.75, 3.05) is 6.61 Å². The average molecular weight is 174 g/mol. The SMILES string of the molecule is C[C@@H](CO)CC#Cc1ccccc1. The molecule has 0 radical (unpaired) electrons. The Morgan fingerprint density at radius 1 is 1.31 bits per heavy atom. The first-order valence-corrected chi connectivity index (χ1v) is 4.47. The predicted octanol–water partition coefficient (Wildman–Crippen LogP) is 2.06. The minimum Gasteiger partial charge on any atom is -0.396 e. The largest absolute Gasteiger partial charge is 0.396 e. The lowest BCUT2D eigenvalue weighted by molar-refractivity contribution is 0.240.